The van der Waals surface area contributed by atoms with E-state index >= 15 is 0 Å². The Morgan fingerprint density at radius 3 is 2.45 bits per heavy atom. The van der Waals surface area contributed by atoms with Crippen molar-refractivity contribution < 1.29 is 28.7 Å². The zero-order chi connectivity index (χ0) is 34.0. The third-order valence-corrected chi connectivity index (χ3v) is 13.2. The Balaban J connectivity index is 1.12. The average molecular weight is 761 g/mol. The maximum absolute atomic E-state index is 14.2. The first-order chi connectivity index (χ1) is 23.7. The van der Waals surface area contributed by atoms with E-state index in [0.717, 1.165) is 37.7 Å². The molecule has 2 N–H and O–H groups in total. The summed E-state index contributed by atoms with van der Waals surface area (Å²) in [5, 5.41) is 3.60. The van der Waals surface area contributed by atoms with Crippen LogP contribution >= 0.6 is 39.0 Å². The number of amides is 3. The number of rotatable bonds is 8. The van der Waals surface area contributed by atoms with E-state index in [4.69, 9.17) is 9.47 Å². The van der Waals surface area contributed by atoms with Crippen LogP contribution in [-0.4, -0.2) is 47.1 Å². The van der Waals surface area contributed by atoms with E-state index in [9.17, 15) is 24.0 Å². The summed E-state index contributed by atoms with van der Waals surface area (Å²) in [5.74, 6) is -2.22. The molecule has 10 nitrogen and oxygen atoms in total. The van der Waals surface area contributed by atoms with Crippen LogP contribution in [0.4, 0.5) is 11.4 Å². The number of anilines is 2. The van der Waals surface area contributed by atoms with Crippen molar-refractivity contribution in [2.45, 2.75) is 29.5 Å². The number of para-hydroxylation sites is 1. The van der Waals surface area contributed by atoms with Crippen LogP contribution in [0.5, 0.6) is 5.75 Å². The molecule has 4 aliphatic rings. The van der Waals surface area contributed by atoms with Gasteiger partial charge in [0.05, 0.1) is 34.7 Å². The SMILES string of the molecule is CCOC(=O)c1ccc(N2C(=O)[C@H]3[C@H]4C[C@@H]([C@@H]3C2=O)[C@@H]2[C@H](c3cc(Br)ccc3OCC(=O)Nc3ccccc3)c3sc(=O)[nH]c3S[C@H]42)cc1. The van der Waals surface area contributed by atoms with E-state index < -0.39 is 17.8 Å². The summed E-state index contributed by atoms with van der Waals surface area (Å²) >= 11 is 6.39. The van der Waals surface area contributed by atoms with Crippen LogP contribution in [0, 0.1) is 29.6 Å². The number of imide groups is 1. The van der Waals surface area contributed by atoms with Gasteiger partial charge >= 0.3 is 10.8 Å². The summed E-state index contributed by atoms with van der Waals surface area (Å²) in [4.78, 5) is 71.1. The van der Waals surface area contributed by atoms with Gasteiger partial charge < -0.3 is 19.8 Å². The second-order valence-corrected chi connectivity index (χ2v) is 15.7. The van der Waals surface area contributed by atoms with Gasteiger partial charge in [0.25, 0.3) is 5.91 Å². The zero-order valence-electron chi connectivity index (χ0n) is 26.1. The summed E-state index contributed by atoms with van der Waals surface area (Å²) in [6.07, 6.45) is 0.726. The number of fused-ring (bicyclic) bond motifs is 9. The number of hydrogen-bond donors (Lipinski definition) is 2. The van der Waals surface area contributed by atoms with Crippen LogP contribution in [0.2, 0.25) is 0 Å². The molecule has 2 aliphatic heterocycles. The fourth-order valence-electron chi connectivity index (χ4n) is 8.34. The molecule has 49 heavy (non-hydrogen) atoms. The molecule has 0 unspecified atom stereocenters. The van der Waals surface area contributed by atoms with Gasteiger partial charge in [-0.25, -0.2) is 4.79 Å². The van der Waals surface area contributed by atoms with Crippen molar-refractivity contribution in [1.29, 1.82) is 0 Å². The van der Waals surface area contributed by atoms with Crippen LogP contribution in [0.3, 0.4) is 0 Å². The lowest BCUT2D eigenvalue weighted by Crippen LogP contribution is -2.42. The van der Waals surface area contributed by atoms with Gasteiger partial charge in [-0.15, -0.1) is 11.8 Å². The second kappa shape index (κ2) is 12.6. The quantitative estimate of drug-likeness (QED) is 0.163. The van der Waals surface area contributed by atoms with Crippen molar-refractivity contribution in [2.75, 3.05) is 23.4 Å². The summed E-state index contributed by atoms with van der Waals surface area (Å²) < 4.78 is 12.1. The Hall–Kier alpha value is -4.20. The lowest BCUT2D eigenvalue weighted by atomic mass is 9.68. The highest BCUT2D eigenvalue weighted by molar-refractivity contribution is 9.10. The Bertz CT molecular complexity index is 2050. The number of nitrogens with zero attached hydrogens (tertiary/aromatic N) is 1. The average Bonchev–Trinajstić information content (AvgIpc) is 3.83. The monoisotopic (exact) mass is 759 g/mol. The van der Waals surface area contributed by atoms with Crippen LogP contribution in [0.1, 0.15) is 40.1 Å². The molecule has 3 fully saturated rings. The molecule has 1 aromatic heterocycles. The molecule has 250 valence electrons. The van der Waals surface area contributed by atoms with Crippen molar-refractivity contribution in [2.24, 2.45) is 29.6 Å². The van der Waals surface area contributed by atoms with Gasteiger partial charge in [-0.2, -0.15) is 0 Å². The van der Waals surface area contributed by atoms with Gasteiger partial charge in [0, 0.05) is 31.8 Å². The number of hydrogen-bond acceptors (Lipinski definition) is 9. The number of halogens is 1. The predicted molar refractivity (Wildman–Crippen MR) is 188 cm³/mol. The molecule has 3 heterocycles. The largest absolute Gasteiger partial charge is 0.483 e. The normalized spacial score (nSPS) is 26.2. The lowest BCUT2D eigenvalue weighted by Gasteiger charge is -2.43. The molecule has 4 aromatic rings. The first kappa shape index (κ1) is 32.0. The molecule has 7 atom stereocenters. The van der Waals surface area contributed by atoms with Crippen molar-refractivity contribution in [3.63, 3.8) is 0 Å². The van der Waals surface area contributed by atoms with Crippen LogP contribution in [0.15, 0.2) is 87.1 Å². The van der Waals surface area contributed by atoms with Crippen molar-refractivity contribution in [3.8, 4) is 5.75 Å². The Morgan fingerprint density at radius 1 is 0.980 bits per heavy atom. The van der Waals surface area contributed by atoms with E-state index in [1.54, 1.807) is 55.1 Å². The highest BCUT2D eigenvalue weighted by Gasteiger charge is 2.70. The van der Waals surface area contributed by atoms with Gasteiger partial charge in [0.15, 0.2) is 6.61 Å². The van der Waals surface area contributed by atoms with Gasteiger partial charge in [-0.1, -0.05) is 45.5 Å². The third-order valence-electron chi connectivity index (χ3n) is 10.1. The molecule has 0 spiro atoms. The fourth-order valence-corrected chi connectivity index (χ4v) is 11.6. The number of nitrogens with one attached hydrogen (secondary N) is 2. The molecule has 2 aliphatic carbocycles. The lowest BCUT2D eigenvalue weighted by molar-refractivity contribution is -0.123. The molecular weight excluding hydrogens is 730 g/mol. The van der Waals surface area contributed by atoms with Gasteiger partial charge in [0.1, 0.15) is 5.75 Å². The highest BCUT2D eigenvalue weighted by atomic mass is 79.9. The molecule has 0 radical (unpaired) electrons. The molecule has 2 saturated carbocycles. The first-order valence-electron chi connectivity index (χ1n) is 16.0. The topological polar surface area (TPSA) is 135 Å². The van der Waals surface area contributed by atoms with Crippen molar-refractivity contribution >= 4 is 74.1 Å². The molecule has 2 bridgehead atoms. The number of esters is 1. The molecule has 3 aromatic carbocycles. The number of benzene rings is 3. The summed E-state index contributed by atoms with van der Waals surface area (Å²) in [7, 11) is 0. The molecule has 3 amide bonds. The minimum atomic E-state index is -0.503. The molecular formula is C36H30BrN3O7S2. The van der Waals surface area contributed by atoms with Crippen LogP contribution in [0.25, 0.3) is 0 Å². The first-order valence-corrected chi connectivity index (χ1v) is 18.5. The van der Waals surface area contributed by atoms with Gasteiger partial charge in [0.2, 0.25) is 11.8 Å². The van der Waals surface area contributed by atoms with E-state index in [-0.39, 0.29) is 64.7 Å². The van der Waals surface area contributed by atoms with E-state index in [2.05, 4.69) is 26.2 Å². The predicted octanol–water partition coefficient (Wildman–Crippen LogP) is 6.07. The number of H-pyrrole nitrogens is 1. The highest BCUT2D eigenvalue weighted by Crippen LogP contribution is 2.69. The fraction of sp³-hybridized carbons (Fsp3) is 0.306. The summed E-state index contributed by atoms with van der Waals surface area (Å²) in [5.41, 5.74) is 2.27. The summed E-state index contributed by atoms with van der Waals surface area (Å²) in [6.45, 7) is 1.76. The van der Waals surface area contributed by atoms with E-state index in [1.165, 1.54) is 4.90 Å². The minimum Gasteiger partial charge on any atom is -0.483 e. The zero-order valence-corrected chi connectivity index (χ0v) is 29.3. The Kier molecular flexibility index (Phi) is 8.24. The number of thiazole rings is 1. The standard InChI is InChI=1S/C36H30BrN3O7S2/c1-2-46-35(44)17-8-11-20(12-9-17)40-33(42)28-22-15-23(29(28)34(40)43)30-27(22)26(31-32(48-30)39-36(45)49-31)21-14-18(37)10-13-24(21)47-16-25(41)38-19-6-4-3-5-7-19/h3-14,22-23,26-30H,2,15-16H2,1H3,(H,38,41)(H,39,45)/t22-,23-,26+,27-,28+,29+,30-/m1/s1. The van der Waals surface area contributed by atoms with Gasteiger partial charge in [-0.3, -0.25) is 24.1 Å². The van der Waals surface area contributed by atoms with Crippen LogP contribution < -0.4 is 19.8 Å². The third kappa shape index (κ3) is 5.42. The maximum Gasteiger partial charge on any atom is 0.338 e. The Labute approximate surface area is 297 Å². The number of aromatic nitrogens is 1. The number of carbonyl (C=O) groups excluding carboxylic acids is 4. The van der Waals surface area contributed by atoms with Gasteiger partial charge in [-0.05, 0) is 85.7 Å². The second-order valence-electron chi connectivity index (χ2n) is 12.6. The number of ether oxygens (including phenoxy) is 2. The van der Waals surface area contributed by atoms with Crippen molar-refractivity contribution in [1.82, 2.24) is 4.98 Å². The molecule has 1 saturated heterocycles. The maximum atomic E-state index is 14.2. The van der Waals surface area contributed by atoms with Crippen molar-refractivity contribution in [3.05, 3.63) is 103 Å². The number of aromatic amines is 1. The molecule has 13 heteroatoms. The minimum absolute atomic E-state index is 0.0231. The summed E-state index contributed by atoms with van der Waals surface area (Å²) in [6, 6.07) is 21.2. The molecule has 8 rings (SSSR count). The number of thioether (sulfide) groups is 1. The Morgan fingerprint density at radius 2 is 1.71 bits per heavy atom. The number of carbonyl (C=O) groups is 4. The van der Waals surface area contributed by atoms with E-state index in [0.29, 0.717) is 22.7 Å². The smallest absolute Gasteiger partial charge is 0.338 e. The van der Waals surface area contributed by atoms with Crippen LogP contribution in [-0.2, 0) is 19.1 Å². The van der Waals surface area contributed by atoms with E-state index in [1.807, 2.05) is 36.4 Å².